The van der Waals surface area contributed by atoms with E-state index in [0.717, 1.165) is 0 Å². The Morgan fingerprint density at radius 2 is 2.38 bits per heavy atom. The van der Waals surface area contributed by atoms with Crippen molar-refractivity contribution in [2.24, 2.45) is 0 Å². The van der Waals surface area contributed by atoms with Crippen molar-refractivity contribution in [3.8, 4) is 12.3 Å². The third-order valence-corrected chi connectivity index (χ3v) is 4.28. The lowest BCUT2D eigenvalue weighted by molar-refractivity contribution is -0.0648. The molecule has 1 amide bonds. The van der Waals surface area contributed by atoms with Crippen LogP contribution in [0.1, 0.15) is 32.9 Å². The molecule has 1 aliphatic heterocycles. The maximum atomic E-state index is 13.9. The largest absolute Gasteiger partial charge is 0.450 e. The van der Waals surface area contributed by atoms with Crippen LogP contribution >= 0.6 is 0 Å². The molecule has 1 aliphatic rings. The molecule has 0 radical (unpaired) electrons. The van der Waals surface area contributed by atoms with Crippen molar-refractivity contribution in [2.75, 3.05) is 11.9 Å². The molecule has 10 heteroatoms. The van der Waals surface area contributed by atoms with E-state index in [1.165, 1.54) is 10.9 Å². The quantitative estimate of drug-likeness (QED) is 0.627. The number of imidazole rings is 1. The van der Waals surface area contributed by atoms with Crippen LogP contribution in [-0.2, 0) is 9.47 Å². The van der Waals surface area contributed by atoms with Gasteiger partial charge in [-0.25, -0.2) is 9.78 Å². The van der Waals surface area contributed by atoms with Gasteiger partial charge in [-0.3, -0.25) is 9.88 Å². The number of aliphatic hydroxyl groups excluding tert-OH is 1. The van der Waals surface area contributed by atoms with Gasteiger partial charge in [-0.2, -0.15) is 14.4 Å². The summed E-state index contributed by atoms with van der Waals surface area (Å²) in [4.78, 5) is 23.0. The smallest absolute Gasteiger partial charge is 0.412 e. The molecule has 138 valence electrons. The summed E-state index contributed by atoms with van der Waals surface area (Å²) in [5, 5.41) is 12.6. The number of terminal acetylenes is 1. The van der Waals surface area contributed by atoms with Gasteiger partial charge in [-0.05, 0) is 13.3 Å². The number of hydrogen-bond acceptors (Lipinski definition) is 7. The zero-order valence-corrected chi connectivity index (χ0v) is 14.3. The number of nitrogens with one attached hydrogen (secondary N) is 1. The summed E-state index contributed by atoms with van der Waals surface area (Å²) in [6, 6.07) is 0. The molecule has 0 bridgehead atoms. The summed E-state index contributed by atoms with van der Waals surface area (Å²) in [6.45, 7) is 3.59. The Labute approximate surface area is 148 Å². The second-order valence-corrected chi connectivity index (χ2v) is 5.72. The minimum absolute atomic E-state index is 0.102. The molecule has 0 spiro atoms. The molecule has 2 aromatic heterocycles. The predicted octanol–water partition coefficient (Wildman–Crippen LogP) is 1.60. The molecule has 0 aliphatic carbocycles. The number of hydrogen-bond donors (Lipinski definition) is 2. The van der Waals surface area contributed by atoms with Gasteiger partial charge in [0.2, 0.25) is 0 Å². The highest BCUT2D eigenvalue weighted by Gasteiger charge is 2.46. The fourth-order valence-corrected chi connectivity index (χ4v) is 2.92. The van der Waals surface area contributed by atoms with E-state index in [2.05, 4.69) is 26.2 Å². The molecular formula is C16H18FN5O4. The molecule has 0 unspecified atom stereocenters. The first-order valence-electron chi connectivity index (χ1n) is 8.11. The maximum Gasteiger partial charge on any atom is 0.412 e. The average Bonchev–Trinajstić information content (AvgIpc) is 3.16. The number of rotatable bonds is 4. The van der Waals surface area contributed by atoms with E-state index in [-0.39, 0.29) is 30.0 Å². The minimum atomic E-state index is -1.13. The van der Waals surface area contributed by atoms with Crippen LogP contribution in [0.15, 0.2) is 6.33 Å². The first-order chi connectivity index (χ1) is 12.4. The Bertz CT molecular complexity index is 879. The Kier molecular flexibility index (Phi) is 4.76. The van der Waals surface area contributed by atoms with Gasteiger partial charge in [0, 0.05) is 6.42 Å². The van der Waals surface area contributed by atoms with Crippen molar-refractivity contribution < 1.29 is 23.8 Å². The molecule has 2 aromatic rings. The van der Waals surface area contributed by atoms with Gasteiger partial charge >= 0.3 is 12.2 Å². The SMILES string of the molecule is C#C[C@]1(CC)O[C@@H](n2cnc3c(NC(=O)OCC)nc(F)nc32)C[C@@H]1O. The van der Waals surface area contributed by atoms with Crippen molar-refractivity contribution >= 4 is 23.1 Å². The Balaban J connectivity index is 1.98. The van der Waals surface area contributed by atoms with Crippen LogP contribution in [0.5, 0.6) is 0 Å². The lowest BCUT2D eigenvalue weighted by Gasteiger charge is -2.24. The summed E-state index contributed by atoms with van der Waals surface area (Å²) in [5.41, 5.74) is -0.864. The van der Waals surface area contributed by atoms with Crippen molar-refractivity contribution in [3.05, 3.63) is 12.4 Å². The fourth-order valence-electron chi connectivity index (χ4n) is 2.92. The summed E-state index contributed by atoms with van der Waals surface area (Å²) in [5.74, 6) is 2.37. The standard InChI is InChI=1S/C16H18FN5O4/c1-4-16(5-2)9(23)7-10(26-16)22-8-18-11-12(20-15(24)25-6-3)19-14(17)21-13(11)22/h1,8-10,23H,5-7H2,2-3H3,(H,19,20,21,24)/t9-,10+,16+/m0/s1. The third kappa shape index (κ3) is 2.95. The van der Waals surface area contributed by atoms with Gasteiger partial charge in [-0.15, -0.1) is 6.42 Å². The second kappa shape index (κ2) is 6.86. The molecule has 0 aromatic carbocycles. The van der Waals surface area contributed by atoms with Gasteiger partial charge in [0.25, 0.3) is 0 Å². The lowest BCUT2D eigenvalue weighted by Crippen LogP contribution is -2.36. The number of nitrogens with zero attached hydrogens (tertiary/aromatic N) is 4. The lowest BCUT2D eigenvalue weighted by atomic mass is 9.95. The van der Waals surface area contributed by atoms with Crippen molar-refractivity contribution in [1.82, 2.24) is 19.5 Å². The molecule has 9 nitrogen and oxygen atoms in total. The monoisotopic (exact) mass is 363 g/mol. The number of aliphatic hydroxyl groups is 1. The van der Waals surface area contributed by atoms with E-state index in [0.29, 0.717) is 6.42 Å². The van der Waals surface area contributed by atoms with E-state index in [1.807, 2.05) is 0 Å². The highest BCUT2D eigenvalue weighted by Crippen LogP contribution is 2.39. The van der Waals surface area contributed by atoms with E-state index in [4.69, 9.17) is 15.9 Å². The van der Waals surface area contributed by atoms with Crippen LogP contribution in [0.2, 0.25) is 0 Å². The number of carbonyl (C=O) groups is 1. The Morgan fingerprint density at radius 3 is 3.00 bits per heavy atom. The number of amides is 1. The first kappa shape index (κ1) is 18.0. The number of carbonyl (C=O) groups excluding carboxylic acids is 1. The normalized spacial score (nSPS) is 25.2. The van der Waals surface area contributed by atoms with Crippen LogP contribution in [0, 0.1) is 18.4 Å². The number of ether oxygens (including phenoxy) is 2. The third-order valence-electron chi connectivity index (χ3n) is 4.28. The zero-order valence-electron chi connectivity index (χ0n) is 14.3. The molecule has 3 heterocycles. The number of fused-ring (bicyclic) bond motifs is 1. The van der Waals surface area contributed by atoms with Crippen molar-refractivity contribution in [1.29, 1.82) is 0 Å². The molecule has 1 saturated heterocycles. The van der Waals surface area contributed by atoms with Crippen LogP contribution in [-0.4, -0.2) is 49.0 Å². The molecular weight excluding hydrogens is 345 g/mol. The summed E-state index contributed by atoms with van der Waals surface area (Å²) in [6.07, 6.45) is 4.08. The zero-order chi connectivity index (χ0) is 18.9. The van der Waals surface area contributed by atoms with Gasteiger partial charge in [0.15, 0.2) is 22.6 Å². The summed E-state index contributed by atoms with van der Waals surface area (Å²) in [7, 11) is 0. The molecule has 0 saturated carbocycles. The molecule has 3 atom stereocenters. The Hall–Kier alpha value is -2.77. The highest BCUT2D eigenvalue weighted by molar-refractivity contribution is 5.93. The number of halogens is 1. The van der Waals surface area contributed by atoms with Crippen LogP contribution in [0.25, 0.3) is 11.2 Å². The highest BCUT2D eigenvalue weighted by atomic mass is 19.1. The van der Waals surface area contributed by atoms with Gasteiger partial charge < -0.3 is 14.6 Å². The summed E-state index contributed by atoms with van der Waals surface area (Å²) >= 11 is 0. The van der Waals surface area contributed by atoms with Gasteiger partial charge in [0.05, 0.1) is 19.0 Å². The van der Waals surface area contributed by atoms with E-state index < -0.39 is 30.1 Å². The number of aromatic nitrogens is 4. The number of anilines is 1. The van der Waals surface area contributed by atoms with Gasteiger partial charge in [0.1, 0.15) is 6.23 Å². The first-order valence-corrected chi connectivity index (χ1v) is 8.11. The molecule has 26 heavy (non-hydrogen) atoms. The minimum Gasteiger partial charge on any atom is -0.450 e. The second-order valence-electron chi connectivity index (χ2n) is 5.72. The molecule has 1 fully saturated rings. The maximum absolute atomic E-state index is 13.9. The summed E-state index contributed by atoms with van der Waals surface area (Å²) < 4.78 is 25.9. The van der Waals surface area contributed by atoms with Gasteiger partial charge in [-0.1, -0.05) is 12.8 Å². The van der Waals surface area contributed by atoms with Crippen LogP contribution in [0.4, 0.5) is 15.0 Å². The molecule has 3 rings (SSSR count). The average molecular weight is 363 g/mol. The topological polar surface area (TPSA) is 111 Å². The van der Waals surface area contributed by atoms with E-state index >= 15 is 0 Å². The van der Waals surface area contributed by atoms with E-state index in [9.17, 15) is 14.3 Å². The van der Waals surface area contributed by atoms with Crippen LogP contribution in [0.3, 0.4) is 0 Å². The van der Waals surface area contributed by atoms with Crippen LogP contribution < -0.4 is 5.32 Å². The predicted molar refractivity (Wildman–Crippen MR) is 88.5 cm³/mol. The Morgan fingerprint density at radius 1 is 1.62 bits per heavy atom. The fraction of sp³-hybridized carbons (Fsp3) is 0.500. The molecule has 2 N–H and O–H groups in total. The van der Waals surface area contributed by atoms with Crippen molar-refractivity contribution in [2.45, 2.75) is 44.6 Å². The van der Waals surface area contributed by atoms with Crippen molar-refractivity contribution in [3.63, 3.8) is 0 Å². The van der Waals surface area contributed by atoms with E-state index in [1.54, 1.807) is 13.8 Å².